The molecule has 2 heterocycles. The molecule has 9 nitrogen and oxygen atoms in total. The monoisotopic (exact) mass is 482 g/mol. The van der Waals surface area contributed by atoms with E-state index in [9.17, 15) is 22.8 Å². The van der Waals surface area contributed by atoms with Gasteiger partial charge in [-0.25, -0.2) is 4.79 Å². The van der Waals surface area contributed by atoms with E-state index >= 15 is 0 Å². The van der Waals surface area contributed by atoms with Crippen molar-refractivity contribution in [3.8, 4) is 11.8 Å². The molecule has 2 atom stereocenters. The summed E-state index contributed by atoms with van der Waals surface area (Å²) in [5.74, 6) is 4.67. The molecule has 2 aliphatic heterocycles. The van der Waals surface area contributed by atoms with Crippen LogP contribution >= 0.6 is 0 Å². The quantitative estimate of drug-likeness (QED) is 0.394. The molecule has 2 fully saturated rings. The van der Waals surface area contributed by atoms with Crippen molar-refractivity contribution >= 4 is 28.0 Å². The predicted octanol–water partition coefficient (Wildman–Crippen LogP) is 2.05. The van der Waals surface area contributed by atoms with E-state index in [4.69, 9.17) is 8.92 Å². The third-order valence-electron chi connectivity index (χ3n) is 5.54. The maximum Gasteiger partial charge on any atom is 0.411 e. The summed E-state index contributed by atoms with van der Waals surface area (Å²) in [6.07, 6.45) is -0.713. The van der Waals surface area contributed by atoms with Crippen molar-refractivity contribution in [1.82, 2.24) is 10.2 Å². The van der Waals surface area contributed by atoms with Gasteiger partial charge in [0.1, 0.15) is 18.8 Å². The first-order valence-electron chi connectivity index (χ1n) is 10.6. The number of cyclic esters (lactones) is 1. The first-order chi connectivity index (χ1) is 16.2. The van der Waals surface area contributed by atoms with Gasteiger partial charge in [0.05, 0.1) is 11.4 Å². The van der Waals surface area contributed by atoms with Crippen molar-refractivity contribution < 1.29 is 31.7 Å². The van der Waals surface area contributed by atoms with E-state index in [0.717, 1.165) is 11.1 Å². The van der Waals surface area contributed by atoms with Crippen molar-refractivity contribution in [3.05, 3.63) is 65.2 Å². The van der Waals surface area contributed by atoms with Crippen LogP contribution in [-0.2, 0) is 28.6 Å². The van der Waals surface area contributed by atoms with Crippen LogP contribution in [0.1, 0.15) is 35.6 Å². The van der Waals surface area contributed by atoms with Crippen LogP contribution in [-0.4, -0.2) is 50.4 Å². The highest BCUT2D eigenvalue weighted by Crippen LogP contribution is 2.29. The fourth-order valence-electron chi connectivity index (χ4n) is 3.69. The number of rotatable bonds is 5. The van der Waals surface area contributed by atoms with Gasteiger partial charge in [-0.1, -0.05) is 41.7 Å². The van der Waals surface area contributed by atoms with Crippen LogP contribution in [0.5, 0.6) is 0 Å². The highest BCUT2D eigenvalue weighted by atomic mass is 32.2. The van der Waals surface area contributed by atoms with Crippen LogP contribution in [0.2, 0.25) is 0 Å². The molecule has 0 aromatic heterocycles. The van der Waals surface area contributed by atoms with Crippen molar-refractivity contribution in [2.45, 2.75) is 36.8 Å². The number of carbonyl (C=O) groups excluding carboxylic acids is 3. The van der Waals surface area contributed by atoms with Gasteiger partial charge in [0.15, 0.2) is 0 Å². The minimum atomic E-state index is -3.88. The molecule has 176 valence electrons. The highest BCUT2D eigenvalue weighted by Gasteiger charge is 2.41. The van der Waals surface area contributed by atoms with Gasteiger partial charge in [-0.3, -0.25) is 24.0 Å². The second-order valence-electron chi connectivity index (χ2n) is 7.94. The number of amides is 3. The van der Waals surface area contributed by atoms with E-state index in [1.807, 2.05) is 6.92 Å². The molecular weight excluding hydrogens is 460 g/mol. The minimum absolute atomic E-state index is 0.0710. The van der Waals surface area contributed by atoms with Gasteiger partial charge in [-0.05, 0) is 43.2 Å². The SMILES string of the molecule is Cc1ccc(S(=O)(=O)OCC#Cc2ccc([C@H]3CN([C@H]4CCC(=O)NC4=O)C(=O)O3)cc2)cc1. The Morgan fingerprint density at radius 1 is 1.09 bits per heavy atom. The number of aryl methyl sites for hydroxylation is 1. The Kier molecular flexibility index (Phi) is 6.68. The molecular formula is C24H22N2O7S. The van der Waals surface area contributed by atoms with E-state index in [0.29, 0.717) is 5.56 Å². The van der Waals surface area contributed by atoms with Crippen molar-refractivity contribution in [2.75, 3.05) is 13.2 Å². The zero-order valence-electron chi connectivity index (χ0n) is 18.3. The number of nitrogens with zero attached hydrogens (tertiary/aromatic N) is 1. The summed E-state index contributed by atoms with van der Waals surface area (Å²) in [6.45, 7) is 1.76. The molecule has 2 aromatic rings. The molecule has 4 rings (SSSR count). The van der Waals surface area contributed by atoms with Gasteiger partial charge in [0.2, 0.25) is 11.8 Å². The largest absolute Gasteiger partial charge is 0.439 e. The molecule has 2 saturated heterocycles. The lowest BCUT2D eigenvalue weighted by Gasteiger charge is -2.27. The number of hydrogen-bond donors (Lipinski definition) is 1. The van der Waals surface area contributed by atoms with Gasteiger partial charge in [0.25, 0.3) is 10.1 Å². The summed E-state index contributed by atoms with van der Waals surface area (Å²) < 4.78 is 34.7. The fraction of sp³-hybridized carbons (Fsp3) is 0.292. The van der Waals surface area contributed by atoms with Crippen LogP contribution in [0.3, 0.4) is 0 Å². The summed E-state index contributed by atoms with van der Waals surface area (Å²) in [5.41, 5.74) is 2.30. The molecule has 2 aliphatic rings. The zero-order valence-corrected chi connectivity index (χ0v) is 19.1. The van der Waals surface area contributed by atoms with E-state index in [1.165, 1.54) is 17.0 Å². The fourth-order valence-corrected chi connectivity index (χ4v) is 4.51. The molecule has 10 heteroatoms. The summed E-state index contributed by atoms with van der Waals surface area (Å²) in [6, 6.07) is 12.6. The molecule has 0 radical (unpaired) electrons. The average Bonchev–Trinajstić information content (AvgIpc) is 3.19. The number of benzene rings is 2. The number of hydrogen-bond acceptors (Lipinski definition) is 7. The Hall–Kier alpha value is -3.68. The van der Waals surface area contributed by atoms with Crippen LogP contribution in [0.4, 0.5) is 4.79 Å². The lowest BCUT2D eigenvalue weighted by atomic mass is 10.0. The van der Waals surface area contributed by atoms with Crippen LogP contribution in [0.15, 0.2) is 53.4 Å². The van der Waals surface area contributed by atoms with E-state index < -0.39 is 34.3 Å². The van der Waals surface area contributed by atoms with E-state index in [1.54, 1.807) is 36.4 Å². The maximum atomic E-state index is 12.3. The van der Waals surface area contributed by atoms with Crippen LogP contribution < -0.4 is 5.32 Å². The average molecular weight is 483 g/mol. The number of nitrogens with one attached hydrogen (secondary N) is 1. The number of carbonyl (C=O) groups is 3. The maximum absolute atomic E-state index is 12.3. The smallest absolute Gasteiger partial charge is 0.411 e. The van der Waals surface area contributed by atoms with Crippen LogP contribution in [0, 0.1) is 18.8 Å². The number of ether oxygens (including phenoxy) is 1. The number of imide groups is 1. The molecule has 1 N–H and O–H groups in total. The zero-order chi connectivity index (χ0) is 24.3. The lowest BCUT2D eigenvalue weighted by molar-refractivity contribution is -0.136. The summed E-state index contributed by atoms with van der Waals surface area (Å²) in [4.78, 5) is 37.1. The molecule has 0 aliphatic carbocycles. The van der Waals surface area contributed by atoms with Gasteiger partial charge in [0, 0.05) is 12.0 Å². The van der Waals surface area contributed by atoms with Gasteiger partial charge in [-0.2, -0.15) is 8.42 Å². The Morgan fingerprint density at radius 2 is 1.79 bits per heavy atom. The highest BCUT2D eigenvalue weighted by molar-refractivity contribution is 7.86. The molecule has 0 spiro atoms. The van der Waals surface area contributed by atoms with Crippen molar-refractivity contribution in [3.63, 3.8) is 0 Å². The molecule has 0 bridgehead atoms. The van der Waals surface area contributed by atoms with Gasteiger partial charge in [-0.15, -0.1) is 0 Å². The lowest BCUT2D eigenvalue weighted by Crippen LogP contribution is -2.52. The van der Waals surface area contributed by atoms with Gasteiger partial charge >= 0.3 is 6.09 Å². The molecule has 0 saturated carbocycles. The summed E-state index contributed by atoms with van der Waals surface area (Å²) in [7, 11) is -3.88. The Bertz CT molecular complexity index is 1280. The summed E-state index contributed by atoms with van der Waals surface area (Å²) >= 11 is 0. The third-order valence-corrected chi connectivity index (χ3v) is 6.82. The first-order valence-corrected chi connectivity index (χ1v) is 12.0. The second-order valence-corrected chi connectivity index (χ2v) is 9.56. The topological polar surface area (TPSA) is 119 Å². The van der Waals surface area contributed by atoms with Gasteiger partial charge < -0.3 is 4.74 Å². The first kappa shape index (κ1) is 23.5. The molecule has 3 amide bonds. The second kappa shape index (κ2) is 9.67. The van der Waals surface area contributed by atoms with E-state index in [-0.39, 0.29) is 36.8 Å². The summed E-state index contributed by atoms with van der Waals surface area (Å²) in [5, 5.41) is 2.24. The Labute approximate surface area is 197 Å². The normalized spacial score (nSPS) is 20.4. The molecule has 0 unspecified atom stereocenters. The predicted molar refractivity (Wildman–Crippen MR) is 120 cm³/mol. The van der Waals surface area contributed by atoms with Crippen molar-refractivity contribution in [2.24, 2.45) is 0 Å². The minimum Gasteiger partial charge on any atom is -0.439 e. The molecule has 34 heavy (non-hydrogen) atoms. The van der Waals surface area contributed by atoms with Crippen molar-refractivity contribution in [1.29, 1.82) is 0 Å². The Balaban J connectivity index is 1.34. The molecule has 2 aromatic carbocycles. The number of piperidine rings is 1. The van der Waals surface area contributed by atoms with E-state index in [2.05, 4.69) is 17.2 Å². The standard InChI is InChI=1S/C24H22N2O7S/c1-16-4-10-19(11-5-16)34(30,31)32-14-2-3-17-6-8-18(9-7-17)21-15-26(24(29)33-21)20-12-13-22(27)25-23(20)28/h4-11,20-21H,12-15H2,1H3,(H,25,27,28)/t20-,21+/m0/s1. The Morgan fingerprint density at radius 3 is 2.47 bits per heavy atom. The van der Waals surface area contributed by atoms with Crippen LogP contribution in [0.25, 0.3) is 0 Å². The third kappa shape index (κ3) is 5.27.